The third-order valence-electron chi connectivity index (χ3n) is 2.26. The summed E-state index contributed by atoms with van der Waals surface area (Å²) in [4.78, 5) is 4.01. The number of hydrogen-bond donors (Lipinski definition) is 1. The minimum absolute atomic E-state index is 0.363. The first kappa shape index (κ1) is 11.9. The number of nitrogens with one attached hydrogen (secondary N) is 1. The van der Waals surface area contributed by atoms with E-state index in [0.29, 0.717) is 22.2 Å². The highest BCUT2D eigenvalue weighted by molar-refractivity contribution is 7.71. The third-order valence-corrected chi connectivity index (χ3v) is 2.57. The summed E-state index contributed by atoms with van der Waals surface area (Å²) >= 11 is 5.16. The quantitative estimate of drug-likeness (QED) is 0.854. The third kappa shape index (κ3) is 2.58. The fourth-order valence-corrected chi connectivity index (χ4v) is 1.76. The van der Waals surface area contributed by atoms with Crippen molar-refractivity contribution in [2.75, 3.05) is 0 Å². The van der Waals surface area contributed by atoms with Crippen LogP contribution in [0.2, 0.25) is 0 Å². The molecule has 90 valence electrons. The zero-order chi connectivity index (χ0) is 12.4. The molecule has 0 saturated heterocycles. The van der Waals surface area contributed by atoms with Gasteiger partial charge in [0.1, 0.15) is 11.5 Å². The Morgan fingerprint density at radius 2 is 2.24 bits per heavy atom. The van der Waals surface area contributed by atoms with Crippen molar-refractivity contribution in [3.63, 3.8) is 0 Å². The first-order valence-corrected chi connectivity index (χ1v) is 5.76. The van der Waals surface area contributed by atoms with Crippen LogP contribution >= 0.6 is 12.2 Å². The number of hydrogen-bond acceptors (Lipinski definition) is 3. The lowest BCUT2D eigenvalue weighted by molar-refractivity contribution is 0.521. The summed E-state index contributed by atoms with van der Waals surface area (Å²) in [7, 11) is 0. The molecule has 0 aliphatic rings. The lowest BCUT2D eigenvalue weighted by atomic mass is 10.2. The van der Waals surface area contributed by atoms with E-state index in [4.69, 9.17) is 12.2 Å². The van der Waals surface area contributed by atoms with Gasteiger partial charge in [-0.3, -0.25) is 9.67 Å². The Morgan fingerprint density at radius 1 is 1.47 bits per heavy atom. The van der Waals surface area contributed by atoms with E-state index in [1.807, 2.05) is 4.57 Å². The van der Waals surface area contributed by atoms with Crippen molar-refractivity contribution < 1.29 is 4.39 Å². The second-order valence-corrected chi connectivity index (χ2v) is 4.61. The van der Waals surface area contributed by atoms with Crippen molar-refractivity contribution in [1.29, 1.82) is 0 Å². The number of nitrogens with zero attached hydrogens (tertiary/aromatic N) is 3. The fraction of sp³-hybridized carbons (Fsp3) is 0.364. The number of rotatable bonds is 3. The molecular formula is C11H13FN4S. The van der Waals surface area contributed by atoms with E-state index in [0.717, 1.165) is 6.54 Å². The zero-order valence-electron chi connectivity index (χ0n) is 9.64. The summed E-state index contributed by atoms with van der Waals surface area (Å²) in [6.45, 7) is 4.94. The van der Waals surface area contributed by atoms with E-state index in [-0.39, 0.29) is 5.82 Å². The van der Waals surface area contributed by atoms with E-state index < -0.39 is 0 Å². The number of H-pyrrole nitrogens is 1. The van der Waals surface area contributed by atoms with Crippen LogP contribution in [-0.2, 0) is 6.54 Å². The predicted molar refractivity (Wildman–Crippen MR) is 65.4 cm³/mol. The van der Waals surface area contributed by atoms with E-state index in [1.54, 1.807) is 6.07 Å². The van der Waals surface area contributed by atoms with Crippen LogP contribution in [0.1, 0.15) is 13.8 Å². The van der Waals surface area contributed by atoms with Gasteiger partial charge in [-0.2, -0.15) is 5.10 Å². The average Bonchev–Trinajstić information content (AvgIpc) is 2.61. The fourth-order valence-electron chi connectivity index (χ4n) is 1.56. The lowest BCUT2D eigenvalue weighted by Gasteiger charge is -2.08. The van der Waals surface area contributed by atoms with E-state index in [1.165, 1.54) is 12.3 Å². The Labute approximate surface area is 104 Å². The predicted octanol–water partition coefficient (Wildman–Crippen LogP) is 2.80. The monoisotopic (exact) mass is 252 g/mol. The summed E-state index contributed by atoms with van der Waals surface area (Å²) in [5, 5.41) is 6.87. The Bertz CT molecular complexity index is 556. The number of halogens is 1. The van der Waals surface area contributed by atoms with Crippen LogP contribution in [0.4, 0.5) is 4.39 Å². The smallest absolute Gasteiger partial charge is 0.195 e. The molecule has 4 nitrogen and oxygen atoms in total. The molecule has 0 saturated carbocycles. The van der Waals surface area contributed by atoms with Gasteiger partial charge in [0.15, 0.2) is 10.6 Å². The van der Waals surface area contributed by atoms with Crippen LogP contribution in [0.3, 0.4) is 0 Å². The molecule has 0 unspecified atom stereocenters. The molecule has 0 aliphatic carbocycles. The van der Waals surface area contributed by atoms with Gasteiger partial charge in [0.05, 0.1) is 6.20 Å². The zero-order valence-corrected chi connectivity index (χ0v) is 10.5. The van der Waals surface area contributed by atoms with Gasteiger partial charge in [0.2, 0.25) is 0 Å². The second-order valence-electron chi connectivity index (χ2n) is 4.22. The number of pyridine rings is 1. The molecule has 17 heavy (non-hydrogen) atoms. The van der Waals surface area contributed by atoms with Gasteiger partial charge in [-0.15, -0.1) is 0 Å². The summed E-state index contributed by atoms with van der Waals surface area (Å²) in [6, 6.07) is 2.96. The molecule has 0 radical (unpaired) electrons. The lowest BCUT2D eigenvalue weighted by Crippen LogP contribution is -2.07. The maximum absolute atomic E-state index is 12.8. The minimum Gasteiger partial charge on any atom is -0.299 e. The average molecular weight is 252 g/mol. The molecule has 2 aromatic rings. The van der Waals surface area contributed by atoms with Gasteiger partial charge in [0.25, 0.3) is 0 Å². The van der Waals surface area contributed by atoms with E-state index >= 15 is 0 Å². The number of aromatic amines is 1. The Morgan fingerprint density at radius 3 is 2.82 bits per heavy atom. The second kappa shape index (κ2) is 4.75. The largest absolute Gasteiger partial charge is 0.299 e. The summed E-state index contributed by atoms with van der Waals surface area (Å²) in [5.74, 6) is 0.723. The summed E-state index contributed by atoms with van der Waals surface area (Å²) in [5.41, 5.74) is 0.611. The summed E-state index contributed by atoms with van der Waals surface area (Å²) < 4.78 is 15.2. The highest BCUT2D eigenvalue weighted by Gasteiger charge is 2.11. The molecule has 1 N–H and O–H groups in total. The molecule has 0 atom stereocenters. The SMILES string of the molecule is CC(C)Cn1c(-c2ccc(F)cn2)n[nH]c1=S. The van der Waals surface area contributed by atoms with Gasteiger partial charge < -0.3 is 0 Å². The first-order valence-electron chi connectivity index (χ1n) is 5.35. The van der Waals surface area contributed by atoms with Crippen LogP contribution in [0, 0.1) is 16.5 Å². The Kier molecular flexibility index (Phi) is 3.33. The van der Waals surface area contributed by atoms with Crippen LogP contribution in [0.15, 0.2) is 18.3 Å². The maximum atomic E-state index is 12.8. The maximum Gasteiger partial charge on any atom is 0.195 e. The molecule has 6 heteroatoms. The minimum atomic E-state index is -0.363. The first-order chi connectivity index (χ1) is 8.08. The topological polar surface area (TPSA) is 46.5 Å². The molecule has 0 aliphatic heterocycles. The van der Waals surface area contributed by atoms with Crippen molar-refractivity contribution >= 4 is 12.2 Å². The van der Waals surface area contributed by atoms with Crippen molar-refractivity contribution in [3.8, 4) is 11.5 Å². The van der Waals surface area contributed by atoms with Crippen molar-refractivity contribution in [2.24, 2.45) is 5.92 Å². The molecular weight excluding hydrogens is 239 g/mol. The van der Waals surface area contributed by atoms with Gasteiger partial charge in [-0.25, -0.2) is 9.37 Å². The van der Waals surface area contributed by atoms with Gasteiger partial charge in [-0.05, 0) is 30.3 Å². The van der Waals surface area contributed by atoms with E-state index in [2.05, 4.69) is 29.0 Å². The molecule has 2 aromatic heterocycles. The van der Waals surface area contributed by atoms with Gasteiger partial charge >= 0.3 is 0 Å². The number of aromatic nitrogens is 4. The van der Waals surface area contributed by atoms with Crippen molar-refractivity contribution in [3.05, 3.63) is 28.9 Å². The molecule has 0 amide bonds. The van der Waals surface area contributed by atoms with Crippen molar-refractivity contribution in [1.82, 2.24) is 19.7 Å². The highest BCUT2D eigenvalue weighted by Crippen LogP contribution is 2.16. The molecule has 0 spiro atoms. The standard InChI is InChI=1S/C11H13FN4S/c1-7(2)6-16-10(14-15-11(16)17)9-4-3-8(12)5-13-9/h3-5,7H,6H2,1-2H3,(H,15,17). The van der Waals surface area contributed by atoms with E-state index in [9.17, 15) is 4.39 Å². The van der Waals surface area contributed by atoms with Crippen LogP contribution in [0.25, 0.3) is 11.5 Å². The highest BCUT2D eigenvalue weighted by atomic mass is 32.1. The molecule has 2 rings (SSSR count). The van der Waals surface area contributed by atoms with Gasteiger partial charge in [0, 0.05) is 6.54 Å². The van der Waals surface area contributed by atoms with Crippen LogP contribution < -0.4 is 0 Å². The molecule has 2 heterocycles. The molecule has 0 aromatic carbocycles. The summed E-state index contributed by atoms with van der Waals surface area (Å²) in [6.07, 6.45) is 1.17. The van der Waals surface area contributed by atoms with Crippen LogP contribution in [-0.4, -0.2) is 19.7 Å². The molecule has 0 fully saturated rings. The Hall–Kier alpha value is -1.56. The normalized spacial score (nSPS) is 11.1. The Balaban J connectivity index is 2.45. The van der Waals surface area contributed by atoms with Crippen molar-refractivity contribution in [2.45, 2.75) is 20.4 Å². The van der Waals surface area contributed by atoms with Gasteiger partial charge in [-0.1, -0.05) is 13.8 Å². The van der Waals surface area contributed by atoms with Crippen LogP contribution in [0.5, 0.6) is 0 Å². The molecule has 0 bridgehead atoms.